The number of benzene rings is 2. The summed E-state index contributed by atoms with van der Waals surface area (Å²) in [5.41, 5.74) is 1.31. The number of sulfonamides is 1. The third-order valence-corrected chi connectivity index (χ3v) is 8.22. The van der Waals surface area contributed by atoms with Gasteiger partial charge in [-0.3, -0.25) is 9.59 Å². The van der Waals surface area contributed by atoms with Gasteiger partial charge in [-0.2, -0.15) is 4.31 Å². The molecule has 8 nitrogen and oxygen atoms in total. The summed E-state index contributed by atoms with van der Waals surface area (Å²) in [4.78, 5) is 27.5. The number of carbonyl (C=O) groups is 2. The molecular weight excluding hydrogens is 466 g/mol. The van der Waals surface area contributed by atoms with Crippen molar-refractivity contribution in [3.63, 3.8) is 0 Å². The Hall–Kier alpha value is -2.91. The van der Waals surface area contributed by atoms with Gasteiger partial charge in [0.25, 0.3) is 0 Å². The Bertz CT molecular complexity index is 1160. The minimum absolute atomic E-state index is 0.0749. The van der Waals surface area contributed by atoms with Crippen molar-refractivity contribution < 1.29 is 22.7 Å². The molecule has 0 bridgehead atoms. The lowest BCUT2D eigenvalue weighted by atomic mass is 10.1. The van der Waals surface area contributed by atoms with E-state index in [1.807, 2.05) is 44.2 Å². The van der Waals surface area contributed by atoms with E-state index in [0.29, 0.717) is 37.6 Å². The van der Waals surface area contributed by atoms with E-state index in [2.05, 4.69) is 5.32 Å². The summed E-state index contributed by atoms with van der Waals surface area (Å²) >= 11 is 0. The van der Waals surface area contributed by atoms with E-state index in [0.717, 1.165) is 24.8 Å². The van der Waals surface area contributed by atoms with Crippen LogP contribution in [-0.4, -0.2) is 55.2 Å². The van der Waals surface area contributed by atoms with Gasteiger partial charge in [-0.05, 0) is 50.5 Å². The highest BCUT2D eigenvalue weighted by molar-refractivity contribution is 7.89. The fourth-order valence-electron chi connectivity index (χ4n) is 4.52. The van der Waals surface area contributed by atoms with Crippen molar-refractivity contribution in [1.29, 1.82) is 0 Å². The number of likely N-dealkylation sites (tertiary alicyclic amines) is 1. The third-order valence-electron chi connectivity index (χ3n) is 6.33. The minimum atomic E-state index is -3.67. The zero-order chi connectivity index (χ0) is 25.0. The third kappa shape index (κ3) is 6.02. The molecule has 2 fully saturated rings. The Labute approximate surface area is 207 Å². The van der Waals surface area contributed by atoms with Gasteiger partial charge in [0.05, 0.1) is 22.6 Å². The van der Waals surface area contributed by atoms with Gasteiger partial charge in [0.2, 0.25) is 21.8 Å². The lowest BCUT2D eigenvalue weighted by Gasteiger charge is -2.26. The molecule has 0 unspecified atom stereocenters. The van der Waals surface area contributed by atoms with Crippen LogP contribution in [0.15, 0.2) is 53.4 Å². The van der Waals surface area contributed by atoms with E-state index in [9.17, 15) is 18.0 Å². The van der Waals surface area contributed by atoms with Gasteiger partial charge in [-0.25, -0.2) is 8.42 Å². The van der Waals surface area contributed by atoms with Gasteiger partial charge in [0.1, 0.15) is 5.75 Å². The molecule has 2 aliphatic heterocycles. The molecule has 1 atom stereocenters. The predicted octanol–water partition coefficient (Wildman–Crippen LogP) is 3.64. The quantitative estimate of drug-likeness (QED) is 0.598. The highest BCUT2D eigenvalue weighted by Gasteiger charge is 2.35. The van der Waals surface area contributed by atoms with Gasteiger partial charge in [-0.15, -0.1) is 0 Å². The van der Waals surface area contributed by atoms with Crippen LogP contribution in [0, 0.1) is 5.92 Å². The molecule has 1 N–H and O–H groups in total. The smallest absolute Gasteiger partial charge is 0.243 e. The van der Waals surface area contributed by atoms with Crippen molar-refractivity contribution >= 4 is 27.5 Å². The van der Waals surface area contributed by atoms with E-state index in [1.165, 1.54) is 16.4 Å². The molecule has 2 aromatic carbocycles. The van der Waals surface area contributed by atoms with Crippen LogP contribution in [0.3, 0.4) is 0 Å². The van der Waals surface area contributed by atoms with E-state index in [1.54, 1.807) is 11.0 Å². The highest BCUT2D eigenvalue weighted by atomic mass is 32.2. The Kier molecular flexibility index (Phi) is 7.76. The normalized spacial score (nSPS) is 19.2. The first kappa shape index (κ1) is 25.2. The van der Waals surface area contributed by atoms with E-state index >= 15 is 0 Å². The van der Waals surface area contributed by atoms with Crippen LogP contribution in [0.25, 0.3) is 0 Å². The van der Waals surface area contributed by atoms with Crippen LogP contribution in [0.1, 0.15) is 45.1 Å². The summed E-state index contributed by atoms with van der Waals surface area (Å²) in [6, 6.07) is 14.2. The number of anilines is 1. The average molecular weight is 500 g/mol. The van der Waals surface area contributed by atoms with E-state index in [-0.39, 0.29) is 29.2 Å². The number of nitrogens with zero attached hydrogens (tertiary/aromatic N) is 2. The fraction of sp³-hybridized carbons (Fsp3) is 0.462. The first-order valence-corrected chi connectivity index (χ1v) is 13.6. The maximum Gasteiger partial charge on any atom is 0.243 e. The first-order valence-electron chi connectivity index (χ1n) is 12.2. The van der Waals surface area contributed by atoms with Crippen molar-refractivity contribution in [3.05, 3.63) is 54.1 Å². The lowest BCUT2D eigenvalue weighted by Crippen LogP contribution is -2.35. The predicted molar refractivity (Wildman–Crippen MR) is 133 cm³/mol. The van der Waals surface area contributed by atoms with Crippen LogP contribution in [-0.2, 0) is 26.2 Å². The summed E-state index contributed by atoms with van der Waals surface area (Å²) in [5, 5.41) is 2.85. The molecular formula is C26H33N3O5S. The monoisotopic (exact) mass is 499 g/mol. The number of rotatable bonds is 8. The summed E-state index contributed by atoms with van der Waals surface area (Å²) in [5.74, 6) is -0.527. The van der Waals surface area contributed by atoms with Gasteiger partial charge < -0.3 is 15.0 Å². The topological polar surface area (TPSA) is 96.0 Å². The summed E-state index contributed by atoms with van der Waals surface area (Å²) < 4.78 is 33.7. The molecule has 2 aromatic rings. The van der Waals surface area contributed by atoms with Crippen molar-refractivity contribution in [1.82, 2.24) is 9.21 Å². The maximum absolute atomic E-state index is 13.2. The second-order valence-electron chi connectivity index (χ2n) is 9.44. The van der Waals surface area contributed by atoms with Gasteiger partial charge >= 0.3 is 0 Å². The van der Waals surface area contributed by atoms with Gasteiger partial charge in [0, 0.05) is 32.6 Å². The summed E-state index contributed by atoms with van der Waals surface area (Å²) in [6.07, 6.45) is 2.66. The SMILES string of the molecule is CC(C)Oc1ccc(S(=O)(=O)N2CCCCC2)cc1NC(=O)[C@@H]1CC(=O)N(Cc2ccccc2)C1. The Balaban J connectivity index is 1.52. The van der Waals surface area contributed by atoms with Crippen molar-refractivity contribution in [2.75, 3.05) is 25.0 Å². The Morgan fingerprint density at radius 3 is 2.49 bits per heavy atom. The fourth-order valence-corrected chi connectivity index (χ4v) is 6.06. The average Bonchev–Trinajstić information content (AvgIpc) is 3.21. The Morgan fingerprint density at radius 2 is 1.80 bits per heavy atom. The van der Waals surface area contributed by atoms with Crippen LogP contribution in [0.4, 0.5) is 5.69 Å². The standard InChI is InChI=1S/C26H33N3O5S/c1-19(2)34-24-12-11-22(35(32,33)29-13-7-4-8-14-29)16-23(24)27-26(31)21-15-25(30)28(18-21)17-20-9-5-3-6-10-20/h3,5-6,9-12,16,19,21H,4,7-8,13-15,17-18H2,1-2H3,(H,27,31)/t21-/m1/s1. The number of ether oxygens (including phenoxy) is 1. The molecule has 2 saturated heterocycles. The summed E-state index contributed by atoms with van der Waals surface area (Å²) in [6.45, 7) is 5.48. The minimum Gasteiger partial charge on any atom is -0.489 e. The largest absolute Gasteiger partial charge is 0.489 e. The molecule has 2 heterocycles. The second-order valence-corrected chi connectivity index (χ2v) is 11.4. The number of hydrogen-bond acceptors (Lipinski definition) is 5. The van der Waals surface area contributed by atoms with Crippen molar-refractivity contribution in [2.24, 2.45) is 5.92 Å². The molecule has 0 aromatic heterocycles. The molecule has 2 amide bonds. The van der Waals surface area contributed by atoms with Crippen LogP contribution in [0.5, 0.6) is 5.75 Å². The van der Waals surface area contributed by atoms with Crippen molar-refractivity contribution in [2.45, 2.75) is 57.1 Å². The molecule has 0 aliphatic carbocycles. The number of hydrogen-bond donors (Lipinski definition) is 1. The molecule has 35 heavy (non-hydrogen) atoms. The molecule has 188 valence electrons. The van der Waals surface area contributed by atoms with Crippen LogP contribution >= 0.6 is 0 Å². The van der Waals surface area contributed by atoms with E-state index in [4.69, 9.17) is 4.74 Å². The molecule has 0 radical (unpaired) electrons. The molecule has 9 heteroatoms. The first-order chi connectivity index (χ1) is 16.7. The Morgan fingerprint density at radius 1 is 1.09 bits per heavy atom. The van der Waals surface area contributed by atoms with Crippen LogP contribution in [0.2, 0.25) is 0 Å². The van der Waals surface area contributed by atoms with Crippen molar-refractivity contribution in [3.8, 4) is 5.75 Å². The zero-order valence-electron chi connectivity index (χ0n) is 20.3. The van der Waals surface area contributed by atoms with Gasteiger partial charge in [-0.1, -0.05) is 36.8 Å². The highest BCUT2D eigenvalue weighted by Crippen LogP contribution is 2.32. The maximum atomic E-state index is 13.2. The van der Waals surface area contributed by atoms with Crippen LogP contribution < -0.4 is 10.1 Å². The number of nitrogens with one attached hydrogen (secondary N) is 1. The summed E-state index contributed by atoms with van der Waals surface area (Å²) in [7, 11) is -3.67. The van der Waals surface area contributed by atoms with Gasteiger partial charge in [0.15, 0.2) is 0 Å². The molecule has 2 aliphatic rings. The molecule has 0 saturated carbocycles. The zero-order valence-corrected chi connectivity index (χ0v) is 21.1. The number of carbonyl (C=O) groups excluding carboxylic acids is 2. The molecule has 0 spiro atoms. The van der Waals surface area contributed by atoms with E-state index < -0.39 is 15.9 Å². The lowest BCUT2D eigenvalue weighted by molar-refractivity contribution is -0.128. The second kappa shape index (κ2) is 10.8. The number of piperidine rings is 1. The molecule has 4 rings (SSSR count). The number of amides is 2.